The number of nitrogens with one attached hydrogen (secondary N) is 2. The highest BCUT2D eigenvalue weighted by molar-refractivity contribution is 5.90. The minimum atomic E-state index is -1.43. The maximum Gasteiger partial charge on any atom is 0.249 e. The molecule has 194 valence electrons. The molecule has 0 bridgehead atoms. The number of nitrogens with two attached hydrogens (primary N) is 2. The van der Waals surface area contributed by atoms with Crippen LogP contribution in [0.4, 0.5) is 0 Å². The first-order chi connectivity index (χ1) is 17.2. The zero-order valence-electron chi connectivity index (χ0n) is 19.8. The summed E-state index contributed by atoms with van der Waals surface area (Å²) >= 11 is 0. The van der Waals surface area contributed by atoms with Gasteiger partial charge in [0, 0.05) is 13.0 Å². The number of amides is 2. The fraction of sp³-hybridized carbons (Fsp3) is 0.360. The van der Waals surface area contributed by atoms with Gasteiger partial charge in [0.1, 0.15) is 29.9 Å². The van der Waals surface area contributed by atoms with Gasteiger partial charge in [0.15, 0.2) is 5.96 Å². The molecule has 0 spiro atoms. The molecule has 2 aromatic rings. The second-order valence-electron chi connectivity index (χ2n) is 8.35. The standard InChI is InChI=1S/C25H33N5O6/c26-25(27)28-13-1-2-18(15-31)29-23(35)21(12-7-16-3-8-19(32)9-4-16)30-24(36)22(34)14-17-5-10-20(33)11-6-17/h3-6,8-11,15,18,21-22,32-34H,1-2,7,12-14H2,(H,29,35)(H,30,36)(H4,26,27,28)/t18-,21-,22+/m0/s1. The Hall–Kier alpha value is -4.12. The lowest BCUT2D eigenvalue weighted by Crippen LogP contribution is -2.52. The van der Waals surface area contributed by atoms with Gasteiger partial charge >= 0.3 is 0 Å². The van der Waals surface area contributed by atoms with Crippen molar-refractivity contribution >= 4 is 24.1 Å². The van der Waals surface area contributed by atoms with Gasteiger partial charge in [-0.05, 0) is 61.1 Å². The molecule has 0 heterocycles. The number of aliphatic hydroxyl groups is 1. The highest BCUT2D eigenvalue weighted by Crippen LogP contribution is 2.14. The van der Waals surface area contributed by atoms with Crippen molar-refractivity contribution in [2.24, 2.45) is 16.5 Å². The highest BCUT2D eigenvalue weighted by atomic mass is 16.3. The van der Waals surface area contributed by atoms with Crippen LogP contribution >= 0.6 is 0 Å². The number of phenolic OH excluding ortho intramolecular Hbond substituents is 2. The molecule has 0 aliphatic rings. The lowest BCUT2D eigenvalue weighted by molar-refractivity contribution is -0.134. The van der Waals surface area contributed by atoms with Crippen molar-refractivity contribution in [1.82, 2.24) is 10.6 Å². The number of nitrogens with zero attached hydrogens (tertiary/aromatic N) is 1. The zero-order chi connectivity index (χ0) is 26.5. The van der Waals surface area contributed by atoms with E-state index in [-0.39, 0.29) is 30.3 Å². The number of aliphatic hydroxyl groups excluding tert-OH is 1. The molecular weight excluding hydrogens is 466 g/mol. The number of aryl methyl sites for hydroxylation is 1. The normalized spacial score (nSPS) is 13.1. The van der Waals surface area contributed by atoms with Crippen LogP contribution in [0.3, 0.4) is 0 Å². The Kier molecular flexibility index (Phi) is 11.2. The number of hydrogen-bond acceptors (Lipinski definition) is 7. The Morgan fingerprint density at radius 2 is 1.47 bits per heavy atom. The van der Waals surface area contributed by atoms with Crippen molar-refractivity contribution in [3.8, 4) is 11.5 Å². The van der Waals surface area contributed by atoms with E-state index in [1.165, 1.54) is 24.3 Å². The Bertz CT molecular complexity index is 1020. The summed E-state index contributed by atoms with van der Waals surface area (Å²) in [5, 5.41) is 34.4. The van der Waals surface area contributed by atoms with Gasteiger partial charge < -0.3 is 42.2 Å². The third kappa shape index (κ3) is 10.0. The SMILES string of the molecule is NC(N)=NCCC[C@@H](C=O)NC(=O)[C@H](CCc1ccc(O)cc1)NC(=O)[C@H](O)Cc1ccc(O)cc1. The monoisotopic (exact) mass is 499 g/mol. The van der Waals surface area contributed by atoms with E-state index in [9.17, 15) is 29.7 Å². The Morgan fingerprint density at radius 1 is 0.889 bits per heavy atom. The Labute approximate surface area is 209 Å². The Balaban J connectivity index is 2.04. The van der Waals surface area contributed by atoms with Crippen LogP contribution in [-0.4, -0.2) is 64.1 Å². The van der Waals surface area contributed by atoms with Gasteiger partial charge in [0.05, 0.1) is 6.04 Å². The number of aldehydes is 1. The summed E-state index contributed by atoms with van der Waals surface area (Å²) < 4.78 is 0. The van der Waals surface area contributed by atoms with E-state index < -0.39 is 30.0 Å². The molecule has 3 atom stereocenters. The van der Waals surface area contributed by atoms with Gasteiger partial charge in [-0.2, -0.15) is 0 Å². The number of guanidine groups is 1. The third-order valence-electron chi connectivity index (χ3n) is 5.42. The summed E-state index contributed by atoms with van der Waals surface area (Å²) in [7, 11) is 0. The van der Waals surface area contributed by atoms with Crippen LogP contribution in [0, 0.1) is 0 Å². The molecule has 0 aliphatic carbocycles. The summed E-state index contributed by atoms with van der Waals surface area (Å²) in [6.07, 6.45) is 0.495. The predicted molar refractivity (Wildman–Crippen MR) is 134 cm³/mol. The zero-order valence-corrected chi connectivity index (χ0v) is 19.8. The van der Waals surface area contributed by atoms with Gasteiger partial charge in [0.25, 0.3) is 0 Å². The van der Waals surface area contributed by atoms with Gasteiger partial charge in [0.2, 0.25) is 11.8 Å². The number of phenols is 2. The lowest BCUT2D eigenvalue weighted by Gasteiger charge is -2.22. The van der Waals surface area contributed by atoms with E-state index in [1.807, 2.05) is 0 Å². The number of rotatable bonds is 14. The minimum absolute atomic E-state index is 0.0137. The minimum Gasteiger partial charge on any atom is -0.508 e. The van der Waals surface area contributed by atoms with Gasteiger partial charge in [-0.25, -0.2) is 0 Å². The second kappa shape index (κ2) is 14.3. The van der Waals surface area contributed by atoms with Crippen molar-refractivity contribution < 1.29 is 29.7 Å². The summed E-state index contributed by atoms with van der Waals surface area (Å²) in [4.78, 5) is 41.0. The molecule has 0 saturated heterocycles. The lowest BCUT2D eigenvalue weighted by atomic mass is 10.0. The molecule has 0 aliphatic heterocycles. The second-order valence-corrected chi connectivity index (χ2v) is 8.35. The fourth-order valence-corrected chi connectivity index (χ4v) is 3.44. The number of hydrogen-bond donors (Lipinski definition) is 7. The topological polar surface area (TPSA) is 200 Å². The predicted octanol–water partition coefficient (Wildman–Crippen LogP) is -0.144. The molecule has 9 N–H and O–H groups in total. The van der Waals surface area contributed by atoms with Crippen LogP contribution in [0.5, 0.6) is 11.5 Å². The molecule has 0 radical (unpaired) electrons. The molecule has 2 aromatic carbocycles. The number of carbonyl (C=O) groups excluding carboxylic acids is 3. The van der Waals surface area contributed by atoms with E-state index in [2.05, 4.69) is 15.6 Å². The fourth-order valence-electron chi connectivity index (χ4n) is 3.44. The van der Waals surface area contributed by atoms with Crippen LogP contribution in [-0.2, 0) is 27.2 Å². The van der Waals surface area contributed by atoms with Gasteiger partial charge in [-0.3, -0.25) is 14.6 Å². The van der Waals surface area contributed by atoms with E-state index >= 15 is 0 Å². The largest absolute Gasteiger partial charge is 0.508 e. The molecule has 0 fully saturated rings. The van der Waals surface area contributed by atoms with E-state index in [0.29, 0.717) is 37.7 Å². The van der Waals surface area contributed by atoms with Crippen molar-refractivity contribution in [2.75, 3.05) is 6.54 Å². The first-order valence-electron chi connectivity index (χ1n) is 11.5. The quantitative estimate of drug-likeness (QED) is 0.0805. The molecule has 11 heteroatoms. The number of aromatic hydroxyl groups is 2. The summed E-state index contributed by atoms with van der Waals surface area (Å²) in [5.41, 5.74) is 12.0. The van der Waals surface area contributed by atoms with Crippen LogP contribution in [0.25, 0.3) is 0 Å². The molecular formula is C25H33N5O6. The maximum absolute atomic E-state index is 13.0. The third-order valence-corrected chi connectivity index (χ3v) is 5.42. The molecule has 2 rings (SSSR count). The maximum atomic E-state index is 13.0. The molecule has 0 aromatic heterocycles. The molecule has 0 saturated carbocycles. The van der Waals surface area contributed by atoms with E-state index in [0.717, 1.165) is 5.56 Å². The van der Waals surface area contributed by atoms with Crippen molar-refractivity contribution in [3.63, 3.8) is 0 Å². The molecule has 2 amide bonds. The summed E-state index contributed by atoms with van der Waals surface area (Å²) in [6, 6.07) is 10.7. The number of aliphatic imine (C=N–C) groups is 1. The van der Waals surface area contributed by atoms with Crippen LogP contribution in [0.2, 0.25) is 0 Å². The van der Waals surface area contributed by atoms with Crippen molar-refractivity contribution in [3.05, 3.63) is 59.7 Å². The average Bonchev–Trinajstić information content (AvgIpc) is 2.85. The smallest absolute Gasteiger partial charge is 0.249 e. The van der Waals surface area contributed by atoms with Crippen LogP contribution < -0.4 is 22.1 Å². The highest BCUT2D eigenvalue weighted by Gasteiger charge is 2.26. The van der Waals surface area contributed by atoms with E-state index in [4.69, 9.17) is 11.5 Å². The van der Waals surface area contributed by atoms with Gasteiger partial charge in [-0.15, -0.1) is 0 Å². The first kappa shape index (κ1) is 28.1. The summed E-state index contributed by atoms with van der Waals surface area (Å²) in [6.45, 7) is 0.299. The number of benzene rings is 2. The molecule has 36 heavy (non-hydrogen) atoms. The van der Waals surface area contributed by atoms with Crippen molar-refractivity contribution in [2.45, 2.75) is 50.3 Å². The summed E-state index contributed by atoms with van der Waals surface area (Å²) in [5.74, 6) is -1.22. The van der Waals surface area contributed by atoms with Crippen LogP contribution in [0.1, 0.15) is 30.4 Å². The first-order valence-corrected chi connectivity index (χ1v) is 11.5. The Morgan fingerprint density at radius 3 is 2.03 bits per heavy atom. The van der Waals surface area contributed by atoms with Crippen LogP contribution in [0.15, 0.2) is 53.5 Å². The van der Waals surface area contributed by atoms with E-state index in [1.54, 1.807) is 24.3 Å². The molecule has 11 nitrogen and oxygen atoms in total. The molecule has 0 unspecified atom stereocenters. The number of carbonyl (C=O) groups is 3. The van der Waals surface area contributed by atoms with Crippen molar-refractivity contribution in [1.29, 1.82) is 0 Å². The average molecular weight is 500 g/mol. The van der Waals surface area contributed by atoms with Gasteiger partial charge in [-0.1, -0.05) is 24.3 Å².